The van der Waals surface area contributed by atoms with Crippen molar-refractivity contribution < 1.29 is 14.3 Å². The van der Waals surface area contributed by atoms with Gasteiger partial charge in [0.05, 0.1) is 6.61 Å². The number of nitrogens with one attached hydrogen (secondary N) is 1. The summed E-state index contributed by atoms with van der Waals surface area (Å²) in [4.78, 5) is 27.5. The third kappa shape index (κ3) is 8.36. The number of amides is 2. The molecule has 1 N–H and O–H groups in total. The van der Waals surface area contributed by atoms with Crippen molar-refractivity contribution in [2.45, 2.75) is 65.6 Å². The van der Waals surface area contributed by atoms with Crippen molar-refractivity contribution in [3.63, 3.8) is 0 Å². The van der Waals surface area contributed by atoms with Crippen LogP contribution in [-0.2, 0) is 16.1 Å². The van der Waals surface area contributed by atoms with E-state index in [9.17, 15) is 9.59 Å². The smallest absolute Gasteiger partial charge is 0.242 e. The van der Waals surface area contributed by atoms with Gasteiger partial charge in [-0.1, -0.05) is 47.0 Å². The lowest BCUT2D eigenvalue weighted by molar-refractivity contribution is -0.141. The van der Waals surface area contributed by atoms with Gasteiger partial charge in [-0.05, 0) is 70.9 Å². The molecule has 0 unspecified atom stereocenters. The first-order valence-electron chi connectivity index (χ1n) is 10.7. The van der Waals surface area contributed by atoms with Gasteiger partial charge in [-0.3, -0.25) is 9.59 Å². The monoisotopic (exact) mass is 478 g/mol. The topological polar surface area (TPSA) is 58.6 Å². The van der Waals surface area contributed by atoms with Gasteiger partial charge in [-0.25, -0.2) is 0 Å². The van der Waals surface area contributed by atoms with Crippen LogP contribution in [0.1, 0.15) is 51.7 Å². The van der Waals surface area contributed by atoms with Crippen molar-refractivity contribution in [1.82, 2.24) is 10.2 Å². The van der Waals surface area contributed by atoms with Crippen LogP contribution in [0.4, 0.5) is 0 Å². The van der Waals surface area contributed by atoms with Crippen LogP contribution in [0.3, 0.4) is 0 Å². The van der Waals surface area contributed by atoms with E-state index in [0.29, 0.717) is 23.1 Å². The van der Waals surface area contributed by atoms with Gasteiger partial charge in [-0.2, -0.15) is 0 Å². The number of halogens is 2. The average Bonchev–Trinajstić information content (AvgIpc) is 2.70. The normalized spacial score (nSPS) is 12.2. The summed E-state index contributed by atoms with van der Waals surface area (Å²) in [7, 11) is 0. The Morgan fingerprint density at radius 2 is 1.75 bits per heavy atom. The van der Waals surface area contributed by atoms with Crippen LogP contribution in [0.25, 0.3) is 0 Å². The van der Waals surface area contributed by atoms with Crippen LogP contribution >= 0.6 is 23.2 Å². The van der Waals surface area contributed by atoms with E-state index >= 15 is 0 Å². The number of nitrogens with zero attached hydrogens (tertiary/aromatic N) is 1. The van der Waals surface area contributed by atoms with Gasteiger partial charge in [-0.15, -0.1) is 0 Å². The summed E-state index contributed by atoms with van der Waals surface area (Å²) < 4.78 is 5.73. The molecule has 0 aliphatic carbocycles. The molecule has 2 amide bonds. The maximum atomic E-state index is 13.1. The minimum Gasteiger partial charge on any atom is -0.494 e. The maximum Gasteiger partial charge on any atom is 0.242 e. The molecule has 7 heteroatoms. The van der Waals surface area contributed by atoms with Gasteiger partial charge < -0.3 is 15.0 Å². The van der Waals surface area contributed by atoms with E-state index < -0.39 is 11.6 Å². The molecule has 0 saturated carbocycles. The molecule has 2 rings (SSSR count). The van der Waals surface area contributed by atoms with Gasteiger partial charge in [0.25, 0.3) is 0 Å². The third-order valence-corrected chi connectivity index (χ3v) is 5.43. The molecule has 0 spiro atoms. The zero-order chi connectivity index (χ0) is 23.9. The molecular weight excluding hydrogens is 447 g/mol. The molecule has 2 aromatic rings. The highest BCUT2D eigenvalue weighted by molar-refractivity contribution is 6.35. The van der Waals surface area contributed by atoms with Crippen LogP contribution in [0, 0.1) is 6.92 Å². The van der Waals surface area contributed by atoms with E-state index in [0.717, 1.165) is 16.9 Å². The number of rotatable bonds is 9. The summed E-state index contributed by atoms with van der Waals surface area (Å²) in [6.45, 7) is 10.1. The van der Waals surface area contributed by atoms with Crippen LogP contribution in [-0.4, -0.2) is 34.9 Å². The molecule has 0 aliphatic rings. The van der Waals surface area contributed by atoms with E-state index in [1.54, 1.807) is 30.0 Å². The van der Waals surface area contributed by atoms with Crippen LogP contribution in [0.2, 0.25) is 10.0 Å². The standard InChI is InChI=1S/C25H32Cl2N2O3/c1-17-8-12-21(13-9-17)32-14-6-7-23(30)29(18(2)24(31)28-25(3,4)5)16-19-10-11-20(26)15-22(19)27/h8-13,15,18H,6-7,14,16H2,1-5H3,(H,28,31)/t18-/m0/s1. The van der Waals surface area contributed by atoms with Crippen LogP contribution < -0.4 is 10.1 Å². The number of ether oxygens (including phenoxy) is 1. The lowest BCUT2D eigenvalue weighted by atomic mass is 10.1. The third-order valence-electron chi connectivity index (χ3n) is 4.85. The molecule has 0 aliphatic heterocycles. The predicted molar refractivity (Wildman–Crippen MR) is 130 cm³/mol. The lowest BCUT2D eigenvalue weighted by Gasteiger charge is -2.31. The molecular formula is C25H32Cl2N2O3. The highest BCUT2D eigenvalue weighted by atomic mass is 35.5. The molecule has 0 bridgehead atoms. The fourth-order valence-corrected chi connectivity index (χ4v) is 3.55. The Balaban J connectivity index is 2.06. The number of benzene rings is 2. The van der Waals surface area contributed by atoms with Crippen molar-refractivity contribution >= 4 is 35.0 Å². The van der Waals surface area contributed by atoms with Gasteiger partial charge >= 0.3 is 0 Å². The van der Waals surface area contributed by atoms with E-state index in [4.69, 9.17) is 27.9 Å². The van der Waals surface area contributed by atoms with Crippen molar-refractivity contribution in [2.24, 2.45) is 0 Å². The second-order valence-electron chi connectivity index (χ2n) is 8.94. The summed E-state index contributed by atoms with van der Waals surface area (Å²) >= 11 is 12.3. The Bertz CT molecular complexity index is 924. The Kier molecular flexibility index (Phi) is 9.41. The number of carbonyl (C=O) groups is 2. The van der Waals surface area contributed by atoms with E-state index in [1.807, 2.05) is 52.0 Å². The Hall–Kier alpha value is -2.24. The zero-order valence-corrected chi connectivity index (χ0v) is 20.9. The van der Waals surface area contributed by atoms with Crippen molar-refractivity contribution in [1.29, 1.82) is 0 Å². The Morgan fingerprint density at radius 1 is 1.09 bits per heavy atom. The fourth-order valence-electron chi connectivity index (χ4n) is 3.08. The molecule has 0 fully saturated rings. The first-order chi connectivity index (χ1) is 15.0. The molecule has 0 heterocycles. The number of hydrogen-bond acceptors (Lipinski definition) is 3. The van der Waals surface area contributed by atoms with E-state index in [1.165, 1.54) is 0 Å². The van der Waals surface area contributed by atoms with Crippen molar-refractivity contribution in [2.75, 3.05) is 6.61 Å². The molecule has 2 aromatic carbocycles. The summed E-state index contributed by atoms with van der Waals surface area (Å²) in [5, 5.41) is 3.92. The highest BCUT2D eigenvalue weighted by Crippen LogP contribution is 2.24. The lowest BCUT2D eigenvalue weighted by Crippen LogP contribution is -2.52. The fraction of sp³-hybridized carbons (Fsp3) is 0.440. The average molecular weight is 479 g/mol. The largest absolute Gasteiger partial charge is 0.494 e. The number of aryl methyl sites for hydroxylation is 1. The number of carbonyl (C=O) groups excluding carboxylic acids is 2. The van der Waals surface area contributed by atoms with Crippen molar-refractivity contribution in [3.05, 3.63) is 63.6 Å². The summed E-state index contributed by atoms with van der Waals surface area (Å²) in [5.74, 6) is 0.415. The molecule has 1 atom stereocenters. The van der Waals surface area contributed by atoms with Crippen LogP contribution in [0.15, 0.2) is 42.5 Å². The first kappa shape index (κ1) is 26.0. The number of hydrogen-bond donors (Lipinski definition) is 1. The second-order valence-corrected chi connectivity index (χ2v) is 9.78. The van der Waals surface area contributed by atoms with E-state index in [2.05, 4.69) is 5.32 Å². The SMILES string of the molecule is Cc1ccc(OCCCC(=O)N(Cc2ccc(Cl)cc2Cl)[C@@H](C)C(=O)NC(C)(C)C)cc1. The maximum absolute atomic E-state index is 13.1. The van der Waals surface area contributed by atoms with Crippen LogP contribution in [0.5, 0.6) is 5.75 Å². The summed E-state index contributed by atoms with van der Waals surface area (Å²) in [6, 6.07) is 12.3. The zero-order valence-electron chi connectivity index (χ0n) is 19.4. The quantitative estimate of drug-likeness (QED) is 0.463. The molecule has 5 nitrogen and oxygen atoms in total. The van der Waals surface area contributed by atoms with E-state index in [-0.39, 0.29) is 24.8 Å². The Labute approximate surface area is 201 Å². The molecule has 0 aromatic heterocycles. The first-order valence-corrected chi connectivity index (χ1v) is 11.5. The minimum absolute atomic E-state index is 0.139. The second kappa shape index (κ2) is 11.6. The summed E-state index contributed by atoms with van der Waals surface area (Å²) in [5.41, 5.74) is 1.49. The Morgan fingerprint density at radius 3 is 2.34 bits per heavy atom. The predicted octanol–water partition coefficient (Wildman–Crippen LogP) is 5.79. The van der Waals surface area contributed by atoms with Crippen molar-refractivity contribution in [3.8, 4) is 5.75 Å². The molecule has 174 valence electrons. The van der Waals surface area contributed by atoms with Gasteiger partial charge in [0.2, 0.25) is 11.8 Å². The summed E-state index contributed by atoms with van der Waals surface area (Å²) in [6.07, 6.45) is 0.787. The molecule has 32 heavy (non-hydrogen) atoms. The van der Waals surface area contributed by atoms with Gasteiger partial charge in [0.1, 0.15) is 11.8 Å². The minimum atomic E-state index is -0.661. The van der Waals surface area contributed by atoms with Gasteiger partial charge in [0.15, 0.2) is 0 Å². The molecule has 0 radical (unpaired) electrons. The highest BCUT2D eigenvalue weighted by Gasteiger charge is 2.28. The molecule has 0 saturated heterocycles. The van der Waals surface area contributed by atoms with Gasteiger partial charge in [0, 0.05) is 28.5 Å².